The molecule has 0 saturated carbocycles. The number of methoxy groups -OCH3 is 3. The number of likely N-dealkylation sites (N-methyl/N-ethyl adjacent to an activating group) is 1. The molecule has 34 heavy (non-hydrogen) atoms. The quantitative estimate of drug-likeness (QED) is 0.487. The fourth-order valence-corrected chi connectivity index (χ4v) is 4.24. The summed E-state index contributed by atoms with van der Waals surface area (Å²) in [4.78, 5) is 14.5. The summed E-state index contributed by atoms with van der Waals surface area (Å²) in [6.07, 6.45) is -3.44. The number of rotatable bonds is 10. The maximum absolute atomic E-state index is 13.2. The second-order valence-corrected chi connectivity index (χ2v) is 10.1. The zero-order chi connectivity index (χ0) is 25.7. The van der Waals surface area contributed by atoms with Crippen molar-refractivity contribution in [3.05, 3.63) is 53.1 Å². The number of ether oxygens (including phenoxy) is 3. The summed E-state index contributed by atoms with van der Waals surface area (Å²) in [5.74, 6) is -0.488. The first-order valence-corrected chi connectivity index (χ1v) is 12.3. The summed E-state index contributed by atoms with van der Waals surface area (Å²) in [5.41, 5.74) is -0.334. The van der Waals surface area contributed by atoms with E-state index in [1.807, 2.05) is 0 Å². The van der Waals surface area contributed by atoms with Gasteiger partial charge in [-0.25, -0.2) is 8.42 Å². The molecular weight excluding hydrogens is 475 g/mol. The first kappa shape index (κ1) is 27.3. The van der Waals surface area contributed by atoms with Gasteiger partial charge in [-0.15, -0.1) is 0 Å². The third kappa shape index (κ3) is 7.02. The van der Waals surface area contributed by atoms with Gasteiger partial charge in [-0.2, -0.15) is 13.2 Å². The third-order valence-corrected chi connectivity index (χ3v) is 6.25. The molecule has 0 radical (unpaired) electrons. The first-order valence-electron chi connectivity index (χ1n) is 10.2. The number of hydrogen-bond donors (Lipinski definition) is 0. The van der Waals surface area contributed by atoms with E-state index in [4.69, 9.17) is 14.2 Å². The lowest BCUT2D eigenvalue weighted by Gasteiger charge is -2.26. The van der Waals surface area contributed by atoms with E-state index < -0.39 is 33.4 Å². The van der Waals surface area contributed by atoms with Gasteiger partial charge in [-0.3, -0.25) is 4.79 Å². The summed E-state index contributed by atoms with van der Waals surface area (Å²) in [7, 11) is 2.36. The normalized spacial score (nSPS) is 12.7. The van der Waals surface area contributed by atoms with Gasteiger partial charge in [0.15, 0.2) is 11.5 Å². The Morgan fingerprint density at radius 2 is 1.62 bits per heavy atom. The van der Waals surface area contributed by atoms with Gasteiger partial charge in [0.25, 0.3) is 5.91 Å². The van der Waals surface area contributed by atoms with Crippen LogP contribution >= 0.6 is 0 Å². The van der Waals surface area contributed by atoms with Crippen LogP contribution in [-0.4, -0.2) is 66.2 Å². The van der Waals surface area contributed by atoms with Crippen molar-refractivity contribution in [2.45, 2.75) is 18.5 Å². The van der Waals surface area contributed by atoms with Crippen molar-refractivity contribution in [2.75, 3.05) is 46.9 Å². The molecule has 2 aromatic carbocycles. The Hall–Kier alpha value is -2.95. The molecular formula is C23H28F3NO6S. The fourth-order valence-electron chi connectivity index (χ4n) is 3.53. The molecule has 1 atom stereocenters. The van der Waals surface area contributed by atoms with Crippen LogP contribution in [0.15, 0.2) is 36.4 Å². The molecule has 0 aliphatic rings. The monoisotopic (exact) mass is 503 g/mol. The molecule has 188 valence electrons. The number of carbonyl (C=O) groups excluding carboxylic acids is 1. The number of benzene rings is 2. The number of nitrogens with zero attached hydrogens (tertiary/aromatic N) is 1. The molecule has 0 saturated heterocycles. The highest BCUT2D eigenvalue weighted by Crippen LogP contribution is 2.38. The van der Waals surface area contributed by atoms with E-state index in [9.17, 15) is 26.4 Å². The zero-order valence-corrected chi connectivity index (χ0v) is 20.4. The molecule has 0 fully saturated rings. The highest BCUT2D eigenvalue weighted by atomic mass is 32.2. The van der Waals surface area contributed by atoms with Gasteiger partial charge in [-0.05, 0) is 30.2 Å². The lowest BCUT2D eigenvalue weighted by Crippen LogP contribution is -2.32. The van der Waals surface area contributed by atoms with Gasteiger partial charge in [0.1, 0.15) is 9.84 Å². The number of sulfone groups is 1. The molecule has 1 amide bonds. The Balaban J connectivity index is 2.38. The number of hydrogen-bond acceptors (Lipinski definition) is 6. The van der Waals surface area contributed by atoms with E-state index in [1.165, 1.54) is 57.5 Å². The molecule has 2 aromatic rings. The Morgan fingerprint density at radius 1 is 1.03 bits per heavy atom. The van der Waals surface area contributed by atoms with Gasteiger partial charge in [0, 0.05) is 31.3 Å². The minimum Gasteiger partial charge on any atom is -0.493 e. The SMILES string of the molecule is COc1cc(C(=O)N(C)CC(CCS(C)(=O)=O)c2cccc(C(F)(F)F)c2)cc(OC)c1OC. The zero-order valence-electron chi connectivity index (χ0n) is 19.6. The number of halogens is 3. The molecule has 0 aliphatic carbocycles. The number of amides is 1. The van der Waals surface area contributed by atoms with Crippen LogP contribution < -0.4 is 14.2 Å². The van der Waals surface area contributed by atoms with Crippen molar-refractivity contribution >= 4 is 15.7 Å². The van der Waals surface area contributed by atoms with Crippen LogP contribution in [0.25, 0.3) is 0 Å². The standard InChI is InChI=1S/C23H28F3NO6S/c1-27(22(28)17-12-19(31-2)21(33-4)20(13-17)32-3)14-16(9-10-34(5,29)30)15-7-6-8-18(11-15)23(24,25)26/h6-8,11-13,16H,9-10,14H2,1-5H3. The average Bonchev–Trinajstić information content (AvgIpc) is 2.78. The molecule has 2 rings (SSSR count). The minimum absolute atomic E-state index is 0.00762. The second-order valence-electron chi connectivity index (χ2n) is 7.84. The van der Waals surface area contributed by atoms with Crippen molar-refractivity contribution in [3.63, 3.8) is 0 Å². The minimum atomic E-state index is -4.55. The molecule has 0 bridgehead atoms. The van der Waals surface area contributed by atoms with Crippen LogP contribution in [0, 0.1) is 0 Å². The Bertz CT molecular complexity index is 1090. The Labute approximate surface area is 197 Å². The first-order chi connectivity index (χ1) is 15.8. The van der Waals surface area contributed by atoms with E-state index in [-0.39, 0.29) is 35.8 Å². The van der Waals surface area contributed by atoms with Gasteiger partial charge >= 0.3 is 6.18 Å². The average molecular weight is 504 g/mol. The highest BCUT2D eigenvalue weighted by molar-refractivity contribution is 7.90. The Morgan fingerprint density at radius 3 is 2.09 bits per heavy atom. The lowest BCUT2D eigenvalue weighted by atomic mass is 9.94. The van der Waals surface area contributed by atoms with Crippen LogP contribution in [0.2, 0.25) is 0 Å². The predicted molar refractivity (Wildman–Crippen MR) is 122 cm³/mol. The van der Waals surface area contributed by atoms with E-state index in [2.05, 4.69) is 0 Å². The Kier molecular flexibility index (Phi) is 8.82. The molecule has 1 unspecified atom stereocenters. The number of alkyl halides is 3. The third-order valence-electron chi connectivity index (χ3n) is 5.28. The predicted octanol–water partition coefficient (Wildman–Crippen LogP) is 4.02. The van der Waals surface area contributed by atoms with Crippen molar-refractivity contribution in [2.24, 2.45) is 0 Å². The van der Waals surface area contributed by atoms with Crippen LogP contribution in [0.4, 0.5) is 13.2 Å². The summed E-state index contributed by atoms with van der Waals surface area (Å²) in [6, 6.07) is 7.64. The van der Waals surface area contributed by atoms with Crippen molar-refractivity contribution in [1.29, 1.82) is 0 Å². The molecule has 0 heterocycles. The van der Waals surface area contributed by atoms with Gasteiger partial charge in [0.2, 0.25) is 5.75 Å². The van der Waals surface area contributed by atoms with Gasteiger partial charge in [-0.1, -0.05) is 18.2 Å². The number of carbonyl (C=O) groups is 1. The van der Waals surface area contributed by atoms with Gasteiger partial charge < -0.3 is 19.1 Å². The van der Waals surface area contributed by atoms with Crippen LogP contribution in [0.1, 0.15) is 33.8 Å². The molecule has 0 spiro atoms. The van der Waals surface area contributed by atoms with Crippen molar-refractivity contribution in [1.82, 2.24) is 4.90 Å². The summed E-state index contributed by atoms with van der Waals surface area (Å²) < 4.78 is 79.0. The van der Waals surface area contributed by atoms with Crippen LogP contribution in [-0.2, 0) is 16.0 Å². The summed E-state index contributed by atoms with van der Waals surface area (Å²) >= 11 is 0. The lowest BCUT2D eigenvalue weighted by molar-refractivity contribution is -0.137. The van der Waals surface area contributed by atoms with E-state index >= 15 is 0 Å². The molecule has 11 heteroatoms. The van der Waals surface area contributed by atoms with Crippen molar-refractivity contribution < 1.29 is 40.6 Å². The maximum atomic E-state index is 13.2. The van der Waals surface area contributed by atoms with Crippen LogP contribution in [0.5, 0.6) is 17.2 Å². The van der Waals surface area contributed by atoms with Crippen LogP contribution in [0.3, 0.4) is 0 Å². The van der Waals surface area contributed by atoms with Crippen molar-refractivity contribution in [3.8, 4) is 17.2 Å². The van der Waals surface area contributed by atoms with E-state index in [1.54, 1.807) is 0 Å². The maximum Gasteiger partial charge on any atom is 0.416 e. The molecule has 0 aliphatic heterocycles. The fraction of sp³-hybridized carbons (Fsp3) is 0.435. The molecule has 7 nitrogen and oxygen atoms in total. The second kappa shape index (κ2) is 11.0. The molecule has 0 aromatic heterocycles. The smallest absolute Gasteiger partial charge is 0.416 e. The van der Waals surface area contributed by atoms with E-state index in [0.717, 1.165) is 18.4 Å². The topological polar surface area (TPSA) is 82.1 Å². The summed E-state index contributed by atoms with van der Waals surface area (Å²) in [5, 5.41) is 0. The van der Waals surface area contributed by atoms with E-state index in [0.29, 0.717) is 11.3 Å². The largest absolute Gasteiger partial charge is 0.493 e. The molecule has 0 N–H and O–H groups in total. The van der Waals surface area contributed by atoms with Gasteiger partial charge in [0.05, 0.1) is 32.6 Å². The highest BCUT2D eigenvalue weighted by Gasteiger charge is 2.31. The summed E-state index contributed by atoms with van der Waals surface area (Å²) in [6.45, 7) is -0.00762.